The standard InChI is InChI=1S/C16H30N4O4/c1-10(2)13(18)14(21)19-11(6-3-4-8-17)15(22)20-9-5-7-12(20)16(23)24/h10-13H,3-9,17-18H2,1-2H3,(H,19,21)(H,23,24)/t11-,12+,13-/m0/s1. The van der Waals surface area contributed by atoms with E-state index in [-0.39, 0.29) is 17.7 Å². The molecule has 8 nitrogen and oxygen atoms in total. The summed E-state index contributed by atoms with van der Waals surface area (Å²) in [5.41, 5.74) is 11.3. The summed E-state index contributed by atoms with van der Waals surface area (Å²) >= 11 is 0. The summed E-state index contributed by atoms with van der Waals surface area (Å²) in [4.78, 5) is 37.6. The van der Waals surface area contributed by atoms with Crippen molar-refractivity contribution in [2.75, 3.05) is 13.1 Å². The number of carboxylic acids is 1. The summed E-state index contributed by atoms with van der Waals surface area (Å²) in [6.45, 7) is 4.56. The van der Waals surface area contributed by atoms with E-state index in [2.05, 4.69) is 5.32 Å². The Morgan fingerprint density at radius 1 is 1.29 bits per heavy atom. The number of nitrogens with zero attached hydrogens (tertiary/aromatic N) is 1. The number of aliphatic carboxylic acids is 1. The molecule has 1 aliphatic rings. The van der Waals surface area contributed by atoms with Crippen LogP contribution >= 0.6 is 0 Å². The minimum atomic E-state index is -1.01. The number of nitrogens with two attached hydrogens (primary N) is 2. The van der Waals surface area contributed by atoms with Crippen molar-refractivity contribution in [2.45, 2.75) is 64.1 Å². The highest BCUT2D eigenvalue weighted by Gasteiger charge is 2.37. The van der Waals surface area contributed by atoms with E-state index in [1.807, 2.05) is 13.8 Å². The van der Waals surface area contributed by atoms with Gasteiger partial charge in [0.2, 0.25) is 11.8 Å². The largest absolute Gasteiger partial charge is 0.480 e. The molecule has 138 valence electrons. The SMILES string of the molecule is CC(C)[C@H](N)C(=O)N[C@@H](CCCCN)C(=O)N1CCC[C@@H]1C(=O)O. The fourth-order valence-electron chi connectivity index (χ4n) is 2.81. The third-order valence-electron chi connectivity index (χ3n) is 4.40. The van der Waals surface area contributed by atoms with Crippen LogP contribution in [0.3, 0.4) is 0 Å². The molecule has 0 aromatic carbocycles. The minimum Gasteiger partial charge on any atom is -0.480 e. The molecule has 0 radical (unpaired) electrons. The Bertz CT molecular complexity index is 455. The Labute approximate surface area is 142 Å². The van der Waals surface area contributed by atoms with Crippen LogP contribution in [0, 0.1) is 5.92 Å². The maximum atomic E-state index is 12.8. The van der Waals surface area contributed by atoms with Gasteiger partial charge in [0.1, 0.15) is 12.1 Å². The van der Waals surface area contributed by atoms with Crippen LogP contribution in [-0.4, -0.2) is 59.0 Å². The molecule has 2 amide bonds. The van der Waals surface area contributed by atoms with E-state index in [4.69, 9.17) is 11.5 Å². The second kappa shape index (κ2) is 9.58. The second-order valence-corrected chi connectivity index (χ2v) is 6.64. The molecule has 0 aromatic rings. The van der Waals surface area contributed by atoms with Gasteiger partial charge in [0, 0.05) is 6.54 Å². The zero-order chi connectivity index (χ0) is 18.3. The first-order chi connectivity index (χ1) is 11.3. The smallest absolute Gasteiger partial charge is 0.326 e. The van der Waals surface area contributed by atoms with Gasteiger partial charge < -0.3 is 26.8 Å². The van der Waals surface area contributed by atoms with Gasteiger partial charge in [-0.1, -0.05) is 13.8 Å². The lowest BCUT2D eigenvalue weighted by Crippen LogP contribution is -2.55. The zero-order valence-corrected chi connectivity index (χ0v) is 14.5. The Morgan fingerprint density at radius 2 is 1.96 bits per heavy atom. The van der Waals surface area contributed by atoms with E-state index in [1.54, 1.807) is 0 Å². The maximum Gasteiger partial charge on any atom is 0.326 e. The third-order valence-corrected chi connectivity index (χ3v) is 4.40. The number of carbonyl (C=O) groups excluding carboxylic acids is 2. The zero-order valence-electron chi connectivity index (χ0n) is 14.5. The van der Waals surface area contributed by atoms with E-state index in [9.17, 15) is 19.5 Å². The monoisotopic (exact) mass is 342 g/mol. The summed E-state index contributed by atoms with van der Waals surface area (Å²) in [7, 11) is 0. The fourth-order valence-corrected chi connectivity index (χ4v) is 2.81. The van der Waals surface area contributed by atoms with Gasteiger partial charge in [0.25, 0.3) is 0 Å². The number of carboxylic acid groups (broad SMARTS) is 1. The number of hydrogen-bond donors (Lipinski definition) is 4. The summed E-state index contributed by atoms with van der Waals surface area (Å²) in [6, 6.07) is -2.28. The maximum absolute atomic E-state index is 12.8. The van der Waals surface area contributed by atoms with Crippen LogP contribution < -0.4 is 16.8 Å². The predicted octanol–water partition coefficient (Wildman–Crippen LogP) is -0.341. The number of unbranched alkanes of at least 4 members (excludes halogenated alkanes) is 1. The minimum absolute atomic E-state index is 0.0525. The number of likely N-dealkylation sites (tertiary alicyclic amines) is 1. The lowest BCUT2D eigenvalue weighted by Gasteiger charge is -2.28. The number of nitrogens with one attached hydrogen (secondary N) is 1. The van der Waals surface area contributed by atoms with Crippen molar-refractivity contribution in [1.29, 1.82) is 0 Å². The van der Waals surface area contributed by atoms with Gasteiger partial charge in [-0.05, 0) is 44.6 Å². The number of rotatable bonds is 9. The Hall–Kier alpha value is -1.67. The second-order valence-electron chi connectivity index (χ2n) is 6.64. The molecule has 0 aliphatic carbocycles. The van der Waals surface area contributed by atoms with Crippen molar-refractivity contribution < 1.29 is 19.5 Å². The molecular weight excluding hydrogens is 312 g/mol. The molecule has 1 rings (SSSR count). The Balaban J connectivity index is 2.81. The molecule has 1 fully saturated rings. The summed E-state index contributed by atoms with van der Waals surface area (Å²) < 4.78 is 0. The molecule has 1 saturated heterocycles. The highest BCUT2D eigenvalue weighted by molar-refractivity contribution is 5.92. The molecule has 6 N–H and O–H groups in total. The lowest BCUT2D eigenvalue weighted by atomic mass is 10.0. The molecule has 3 atom stereocenters. The van der Waals surface area contributed by atoms with Gasteiger partial charge >= 0.3 is 5.97 Å². The quantitative estimate of drug-likeness (QED) is 0.423. The van der Waals surface area contributed by atoms with Crippen molar-refractivity contribution in [3.05, 3.63) is 0 Å². The van der Waals surface area contributed by atoms with Crippen molar-refractivity contribution in [3.8, 4) is 0 Å². The van der Waals surface area contributed by atoms with Gasteiger partial charge in [0.05, 0.1) is 6.04 Å². The molecule has 1 heterocycles. The van der Waals surface area contributed by atoms with E-state index in [1.165, 1.54) is 4.90 Å². The predicted molar refractivity (Wildman–Crippen MR) is 90.0 cm³/mol. The Kier molecular flexibility index (Phi) is 8.14. The first-order valence-electron chi connectivity index (χ1n) is 8.58. The molecule has 0 bridgehead atoms. The lowest BCUT2D eigenvalue weighted by molar-refractivity contribution is -0.149. The first-order valence-corrected chi connectivity index (χ1v) is 8.58. The molecule has 0 spiro atoms. The molecule has 24 heavy (non-hydrogen) atoms. The van der Waals surface area contributed by atoms with Gasteiger partial charge in [-0.2, -0.15) is 0 Å². The number of carbonyl (C=O) groups is 3. The molecule has 1 aliphatic heterocycles. The first kappa shape index (κ1) is 20.4. The highest BCUT2D eigenvalue weighted by Crippen LogP contribution is 2.20. The van der Waals surface area contributed by atoms with Gasteiger partial charge in [-0.15, -0.1) is 0 Å². The van der Waals surface area contributed by atoms with E-state index in [0.717, 1.165) is 6.42 Å². The number of hydrogen-bond acceptors (Lipinski definition) is 5. The van der Waals surface area contributed by atoms with Crippen LogP contribution in [0.1, 0.15) is 46.0 Å². The molecule has 8 heteroatoms. The third kappa shape index (κ3) is 5.45. The molecule has 0 saturated carbocycles. The topological polar surface area (TPSA) is 139 Å². The average molecular weight is 342 g/mol. The Morgan fingerprint density at radius 3 is 2.50 bits per heavy atom. The van der Waals surface area contributed by atoms with Crippen LogP contribution in [0.25, 0.3) is 0 Å². The van der Waals surface area contributed by atoms with Crippen LogP contribution in [0.2, 0.25) is 0 Å². The van der Waals surface area contributed by atoms with Gasteiger partial charge in [0.15, 0.2) is 0 Å². The summed E-state index contributed by atoms with van der Waals surface area (Å²) in [5, 5.41) is 12.0. The van der Waals surface area contributed by atoms with Crippen molar-refractivity contribution >= 4 is 17.8 Å². The average Bonchev–Trinajstić information content (AvgIpc) is 3.02. The number of amides is 2. The van der Waals surface area contributed by atoms with E-state index < -0.39 is 24.1 Å². The molecule has 0 unspecified atom stereocenters. The summed E-state index contributed by atoms with van der Waals surface area (Å²) in [5.74, 6) is -1.79. The molecular formula is C16H30N4O4. The van der Waals surface area contributed by atoms with Crippen molar-refractivity contribution in [3.63, 3.8) is 0 Å². The fraction of sp³-hybridized carbons (Fsp3) is 0.812. The van der Waals surface area contributed by atoms with Gasteiger partial charge in [-0.3, -0.25) is 9.59 Å². The molecule has 0 aromatic heterocycles. The highest BCUT2D eigenvalue weighted by atomic mass is 16.4. The van der Waals surface area contributed by atoms with Crippen molar-refractivity contribution in [1.82, 2.24) is 10.2 Å². The normalized spacial score (nSPS) is 20.0. The van der Waals surface area contributed by atoms with Gasteiger partial charge in [-0.25, -0.2) is 4.79 Å². The van der Waals surface area contributed by atoms with Crippen LogP contribution in [0.5, 0.6) is 0 Å². The van der Waals surface area contributed by atoms with E-state index >= 15 is 0 Å². The summed E-state index contributed by atoms with van der Waals surface area (Å²) in [6.07, 6.45) is 2.93. The van der Waals surface area contributed by atoms with Crippen LogP contribution in [-0.2, 0) is 14.4 Å². The van der Waals surface area contributed by atoms with Crippen LogP contribution in [0.4, 0.5) is 0 Å². The van der Waals surface area contributed by atoms with Crippen LogP contribution in [0.15, 0.2) is 0 Å². The van der Waals surface area contributed by atoms with E-state index in [0.29, 0.717) is 38.8 Å². The van der Waals surface area contributed by atoms with Crippen molar-refractivity contribution in [2.24, 2.45) is 17.4 Å².